The predicted octanol–water partition coefficient (Wildman–Crippen LogP) is 2.12. The molecule has 0 aliphatic carbocycles. The van der Waals surface area contributed by atoms with Crippen molar-refractivity contribution < 1.29 is 29.0 Å². The lowest BCUT2D eigenvalue weighted by Crippen LogP contribution is -1.99. The summed E-state index contributed by atoms with van der Waals surface area (Å²) in [6.07, 6.45) is 0.431. The van der Waals surface area contributed by atoms with Crippen molar-refractivity contribution in [3.05, 3.63) is 71.8 Å². The van der Waals surface area contributed by atoms with E-state index in [9.17, 15) is 9.59 Å². The lowest BCUT2D eigenvalue weighted by Gasteiger charge is -1.95. The number of aldehydes is 1. The van der Waals surface area contributed by atoms with Crippen LogP contribution in [0.25, 0.3) is 0 Å². The highest BCUT2D eigenvalue weighted by atomic mass is 16.5. The molecule has 1 N–H and O–H groups in total. The first-order valence-corrected chi connectivity index (χ1v) is 6.91. The molecule has 0 aliphatic rings. The van der Waals surface area contributed by atoms with Crippen molar-refractivity contribution in [2.24, 2.45) is 0 Å². The number of aliphatic hydroxyl groups is 1. The van der Waals surface area contributed by atoms with Crippen molar-refractivity contribution in [2.45, 2.75) is 0 Å². The highest BCUT2D eigenvalue weighted by Crippen LogP contribution is 1.99. The third kappa shape index (κ3) is 9.11. The van der Waals surface area contributed by atoms with Crippen LogP contribution in [-0.2, 0) is 14.3 Å². The average molecular weight is 332 g/mol. The van der Waals surface area contributed by atoms with Gasteiger partial charge in [0.25, 0.3) is 0 Å². The second-order valence-electron chi connectivity index (χ2n) is 4.06. The predicted molar refractivity (Wildman–Crippen MR) is 88.7 cm³/mol. The number of carbonyl (C=O) groups excluding carboxylic acids is 3. The van der Waals surface area contributed by atoms with E-state index in [1.807, 2.05) is 12.1 Å². The van der Waals surface area contributed by atoms with Crippen LogP contribution in [0.3, 0.4) is 0 Å². The Labute approximate surface area is 140 Å². The molecule has 2 aromatic rings. The average Bonchev–Trinajstić information content (AvgIpc) is 2.68. The molecule has 6 heteroatoms. The Kier molecular flexibility index (Phi) is 12.0. The molecule has 0 bridgehead atoms. The van der Waals surface area contributed by atoms with Crippen LogP contribution in [0.15, 0.2) is 60.7 Å². The zero-order chi connectivity index (χ0) is 18.2. The van der Waals surface area contributed by atoms with E-state index in [4.69, 9.17) is 9.90 Å². The van der Waals surface area contributed by atoms with Gasteiger partial charge in [-0.1, -0.05) is 36.4 Å². The summed E-state index contributed by atoms with van der Waals surface area (Å²) in [5, 5.41) is 7.51. The van der Waals surface area contributed by atoms with Crippen molar-refractivity contribution >= 4 is 18.2 Å². The quantitative estimate of drug-likeness (QED) is 0.684. The molecule has 0 saturated heterocycles. The minimum Gasteiger partial charge on any atom is -0.465 e. The maximum Gasteiger partial charge on any atom is 0.337 e. The van der Waals surface area contributed by atoms with Crippen LogP contribution in [0.4, 0.5) is 0 Å². The van der Waals surface area contributed by atoms with Gasteiger partial charge in [0.15, 0.2) is 0 Å². The van der Waals surface area contributed by atoms with Crippen molar-refractivity contribution in [2.75, 3.05) is 20.8 Å². The highest BCUT2D eigenvalue weighted by molar-refractivity contribution is 5.89. The first kappa shape index (κ1) is 21.0. The molecule has 0 spiro atoms. The molecule has 2 aromatic carbocycles. The summed E-state index contributed by atoms with van der Waals surface area (Å²) in [5.41, 5.74) is 1.18. The molecule has 0 aliphatic heterocycles. The van der Waals surface area contributed by atoms with Gasteiger partial charge in [-0.05, 0) is 24.3 Å². The van der Waals surface area contributed by atoms with E-state index < -0.39 is 0 Å². The monoisotopic (exact) mass is 332 g/mol. The first-order chi connectivity index (χ1) is 11.6. The van der Waals surface area contributed by atoms with Gasteiger partial charge in [0.05, 0.1) is 32.0 Å². The van der Waals surface area contributed by atoms with Crippen LogP contribution in [0.5, 0.6) is 0 Å². The highest BCUT2D eigenvalue weighted by Gasteiger charge is 2.01. The number of carbonyl (C=O) groups is 3. The molecule has 0 heterocycles. The van der Waals surface area contributed by atoms with E-state index in [1.165, 1.54) is 14.2 Å². The Morgan fingerprint density at radius 1 is 0.833 bits per heavy atom. The van der Waals surface area contributed by atoms with Gasteiger partial charge < -0.3 is 19.4 Å². The van der Waals surface area contributed by atoms with Crippen LogP contribution in [0.2, 0.25) is 0 Å². The third-order valence-electron chi connectivity index (χ3n) is 2.46. The topological polar surface area (TPSA) is 89.9 Å². The van der Waals surface area contributed by atoms with E-state index in [0.29, 0.717) is 17.4 Å². The molecule has 0 saturated carbocycles. The van der Waals surface area contributed by atoms with E-state index in [-0.39, 0.29) is 18.5 Å². The van der Waals surface area contributed by atoms with Gasteiger partial charge in [-0.3, -0.25) is 0 Å². The summed E-state index contributed by atoms with van der Waals surface area (Å²) in [6, 6.07) is 17.8. The number of aliphatic hydroxyl groups excluding tert-OH is 1. The van der Waals surface area contributed by atoms with E-state index >= 15 is 0 Å². The SMILES string of the molecule is COC(=O)c1ccccc1.COC(=O)c1ccccc1.O=CCO. The van der Waals surface area contributed by atoms with Gasteiger partial charge >= 0.3 is 11.9 Å². The van der Waals surface area contributed by atoms with Gasteiger partial charge in [0.1, 0.15) is 6.29 Å². The van der Waals surface area contributed by atoms with E-state index in [0.717, 1.165) is 0 Å². The van der Waals surface area contributed by atoms with Crippen LogP contribution >= 0.6 is 0 Å². The molecule has 0 aromatic heterocycles. The lowest BCUT2D eigenvalue weighted by molar-refractivity contribution is -0.110. The molecule has 2 rings (SSSR count). The van der Waals surface area contributed by atoms with Crippen LogP contribution in [-0.4, -0.2) is 44.2 Å². The number of ether oxygens (including phenoxy) is 2. The maximum atomic E-state index is 10.8. The summed E-state index contributed by atoms with van der Waals surface area (Å²) < 4.78 is 8.99. The van der Waals surface area contributed by atoms with E-state index in [2.05, 4.69) is 9.47 Å². The summed E-state index contributed by atoms with van der Waals surface area (Å²) in [7, 11) is 2.74. The minimum atomic E-state index is -0.361. The van der Waals surface area contributed by atoms with E-state index in [1.54, 1.807) is 48.5 Å². The fourth-order valence-electron chi connectivity index (χ4n) is 1.38. The van der Waals surface area contributed by atoms with Gasteiger partial charge in [-0.25, -0.2) is 9.59 Å². The molecule has 0 fully saturated rings. The van der Waals surface area contributed by atoms with Gasteiger partial charge in [-0.15, -0.1) is 0 Å². The Bertz CT molecular complexity index is 544. The fourth-order valence-corrected chi connectivity index (χ4v) is 1.38. The van der Waals surface area contributed by atoms with Gasteiger partial charge in [-0.2, -0.15) is 0 Å². The number of esters is 2. The smallest absolute Gasteiger partial charge is 0.337 e. The summed E-state index contributed by atoms with van der Waals surface area (Å²) in [6.45, 7) is -0.361. The Morgan fingerprint density at radius 2 is 1.12 bits per heavy atom. The van der Waals surface area contributed by atoms with Crippen molar-refractivity contribution in [3.8, 4) is 0 Å². The molecule has 128 valence electrons. The zero-order valence-electron chi connectivity index (χ0n) is 13.5. The van der Waals surface area contributed by atoms with Crippen LogP contribution in [0.1, 0.15) is 20.7 Å². The molecule has 6 nitrogen and oxygen atoms in total. The first-order valence-electron chi connectivity index (χ1n) is 6.91. The zero-order valence-corrected chi connectivity index (χ0v) is 13.5. The summed E-state index contributed by atoms with van der Waals surface area (Å²) >= 11 is 0. The fraction of sp³-hybridized carbons (Fsp3) is 0.167. The lowest BCUT2D eigenvalue weighted by atomic mass is 10.2. The maximum absolute atomic E-state index is 10.8. The second kappa shape index (κ2) is 13.7. The minimum absolute atomic E-state index is 0.291. The molecule has 0 unspecified atom stereocenters. The van der Waals surface area contributed by atoms with Crippen LogP contribution in [0, 0.1) is 0 Å². The largest absolute Gasteiger partial charge is 0.465 e. The normalized spacial score (nSPS) is 8.46. The third-order valence-corrected chi connectivity index (χ3v) is 2.46. The Morgan fingerprint density at radius 3 is 1.33 bits per heavy atom. The molecular formula is C18H20O6. The number of benzene rings is 2. The number of hydrogen-bond donors (Lipinski definition) is 1. The van der Waals surface area contributed by atoms with Crippen molar-refractivity contribution in [3.63, 3.8) is 0 Å². The Hall–Kier alpha value is -2.99. The molecule has 0 atom stereocenters. The van der Waals surface area contributed by atoms with Crippen molar-refractivity contribution in [1.82, 2.24) is 0 Å². The standard InChI is InChI=1S/2C8H8O2.C2H4O2/c2*1-10-8(9)7-5-3-2-4-6-7;3-1-2-4/h2*2-6H,1H3;1,4H,2H2. The summed E-state index contributed by atoms with van der Waals surface area (Å²) in [5.74, 6) is -0.582. The van der Waals surface area contributed by atoms with Gasteiger partial charge in [0.2, 0.25) is 0 Å². The molecule has 0 amide bonds. The van der Waals surface area contributed by atoms with Crippen LogP contribution < -0.4 is 0 Å². The van der Waals surface area contributed by atoms with Crippen molar-refractivity contribution in [1.29, 1.82) is 0 Å². The molecule has 24 heavy (non-hydrogen) atoms. The number of hydrogen-bond acceptors (Lipinski definition) is 6. The number of methoxy groups -OCH3 is 2. The molecular weight excluding hydrogens is 312 g/mol. The van der Waals surface area contributed by atoms with Gasteiger partial charge in [0, 0.05) is 0 Å². The summed E-state index contributed by atoms with van der Waals surface area (Å²) in [4.78, 5) is 30.5. The number of rotatable bonds is 3. The molecule has 0 radical (unpaired) electrons. The second-order valence-corrected chi connectivity index (χ2v) is 4.06. The Balaban J connectivity index is 0.000000363.